The maximum Gasteiger partial charge on any atom is 0.383 e. The Hall–Kier alpha value is -2.72. The Kier molecular flexibility index (Phi) is 7.60. The van der Waals surface area contributed by atoms with E-state index in [0.717, 1.165) is 16.3 Å². The second-order valence-electron chi connectivity index (χ2n) is 5.04. The molecule has 25 heavy (non-hydrogen) atoms. The Morgan fingerprint density at radius 3 is 2.64 bits per heavy atom. The molecule has 0 aliphatic heterocycles. The van der Waals surface area contributed by atoms with E-state index >= 15 is 0 Å². The molecule has 0 amide bonds. The van der Waals surface area contributed by atoms with E-state index in [4.69, 9.17) is 14.4 Å². The molecule has 0 aliphatic carbocycles. The highest BCUT2D eigenvalue weighted by molar-refractivity contribution is 6.01. The van der Waals surface area contributed by atoms with Crippen molar-refractivity contribution in [2.45, 2.75) is 0 Å². The van der Waals surface area contributed by atoms with Crippen molar-refractivity contribution in [3.05, 3.63) is 53.6 Å². The van der Waals surface area contributed by atoms with Crippen molar-refractivity contribution in [3.8, 4) is 6.07 Å². The Morgan fingerprint density at radius 2 is 1.84 bits per heavy atom. The van der Waals surface area contributed by atoms with Crippen molar-refractivity contribution in [2.24, 2.45) is 0 Å². The first-order chi connectivity index (χ1) is 12.3. The molecular formula is C19H19NO5. The third-order valence-corrected chi connectivity index (χ3v) is 3.34. The molecule has 0 bridgehead atoms. The molecule has 0 aliphatic rings. The van der Waals surface area contributed by atoms with Gasteiger partial charge < -0.3 is 9.47 Å². The number of carbonyl (C=O) groups excluding carboxylic acids is 1. The molecule has 6 heteroatoms. The molecule has 0 radical (unpaired) electrons. The van der Waals surface area contributed by atoms with Gasteiger partial charge in [-0.25, -0.2) is 4.79 Å². The molecule has 2 aromatic carbocycles. The number of rotatable bonds is 9. The number of fused-ring (bicyclic) bond motifs is 1. The molecule has 0 N–H and O–H groups in total. The topological polar surface area (TPSA) is 77.8 Å². The highest BCUT2D eigenvalue weighted by Gasteiger charge is 2.13. The Balaban J connectivity index is 1.95. The molecular weight excluding hydrogens is 322 g/mol. The summed E-state index contributed by atoms with van der Waals surface area (Å²) in [4.78, 5) is 21.4. The van der Waals surface area contributed by atoms with Gasteiger partial charge in [0.15, 0.2) is 0 Å². The lowest BCUT2D eigenvalue weighted by molar-refractivity contribution is -0.272. The van der Waals surface area contributed by atoms with Crippen LogP contribution >= 0.6 is 0 Å². The largest absolute Gasteiger partial charge is 0.383 e. The number of hydrogen-bond donors (Lipinski definition) is 0. The third-order valence-electron chi connectivity index (χ3n) is 3.34. The van der Waals surface area contributed by atoms with E-state index in [1.54, 1.807) is 7.11 Å². The van der Waals surface area contributed by atoms with Crippen LogP contribution in [-0.2, 0) is 24.0 Å². The molecule has 0 saturated carbocycles. The fourth-order valence-electron chi connectivity index (χ4n) is 2.15. The average molecular weight is 341 g/mol. The van der Waals surface area contributed by atoms with Crippen LogP contribution in [0.15, 0.2) is 48.0 Å². The van der Waals surface area contributed by atoms with Crippen LogP contribution in [0, 0.1) is 11.3 Å². The lowest BCUT2D eigenvalue weighted by atomic mass is 10.0. The highest BCUT2D eigenvalue weighted by Crippen LogP contribution is 2.21. The van der Waals surface area contributed by atoms with Gasteiger partial charge in [0.1, 0.15) is 18.2 Å². The fourth-order valence-corrected chi connectivity index (χ4v) is 2.15. The lowest BCUT2D eigenvalue weighted by Crippen LogP contribution is -2.12. The zero-order valence-corrected chi connectivity index (χ0v) is 13.9. The average Bonchev–Trinajstić information content (AvgIpc) is 2.65. The molecule has 0 heterocycles. The molecule has 0 saturated heterocycles. The number of benzene rings is 2. The van der Waals surface area contributed by atoms with Crippen LogP contribution in [-0.4, -0.2) is 39.5 Å². The monoisotopic (exact) mass is 341 g/mol. The van der Waals surface area contributed by atoms with Crippen molar-refractivity contribution in [2.75, 3.05) is 33.5 Å². The zero-order chi connectivity index (χ0) is 17.9. The summed E-state index contributed by atoms with van der Waals surface area (Å²) in [6.07, 6.45) is 1.49. The number of nitrogens with zero attached hydrogens (tertiary/aromatic N) is 1. The second-order valence-corrected chi connectivity index (χ2v) is 5.04. The summed E-state index contributed by atoms with van der Waals surface area (Å²) < 4.78 is 9.99. The first kappa shape index (κ1) is 18.6. The first-order valence-corrected chi connectivity index (χ1v) is 7.76. The number of carbonyl (C=O) groups is 1. The molecule has 6 nitrogen and oxygen atoms in total. The molecule has 0 atom stereocenters. The zero-order valence-electron chi connectivity index (χ0n) is 13.9. The number of methoxy groups -OCH3 is 1. The molecule has 0 fully saturated rings. The van der Waals surface area contributed by atoms with Crippen LogP contribution in [0.3, 0.4) is 0 Å². The van der Waals surface area contributed by atoms with E-state index in [1.807, 2.05) is 48.5 Å². The van der Waals surface area contributed by atoms with Crippen molar-refractivity contribution in [3.63, 3.8) is 0 Å². The normalized spacial score (nSPS) is 11.3. The fraction of sp³-hybridized carbons (Fsp3) is 0.263. The SMILES string of the molecule is COCCOCCOOC(=O)C(C#N)=Cc1cccc2ccccc12. The van der Waals surface area contributed by atoms with Gasteiger partial charge in [-0.2, -0.15) is 10.1 Å². The van der Waals surface area contributed by atoms with E-state index < -0.39 is 5.97 Å². The summed E-state index contributed by atoms with van der Waals surface area (Å²) in [5.74, 6) is -0.840. The van der Waals surface area contributed by atoms with E-state index in [2.05, 4.69) is 4.89 Å². The van der Waals surface area contributed by atoms with Gasteiger partial charge in [0.25, 0.3) is 0 Å². The number of ether oxygens (including phenoxy) is 2. The minimum absolute atomic E-state index is 0.0719. The van der Waals surface area contributed by atoms with Gasteiger partial charge in [-0.15, -0.1) is 0 Å². The van der Waals surface area contributed by atoms with Crippen LogP contribution in [0.2, 0.25) is 0 Å². The predicted molar refractivity (Wildman–Crippen MR) is 92.3 cm³/mol. The van der Waals surface area contributed by atoms with Gasteiger partial charge in [-0.3, -0.25) is 4.89 Å². The standard InChI is InChI=1S/C19H19NO5/c1-22-9-10-23-11-12-24-25-19(21)17(14-20)13-16-7-4-6-15-5-2-3-8-18(15)16/h2-8,13H,9-12H2,1H3. The summed E-state index contributed by atoms with van der Waals surface area (Å²) >= 11 is 0. The predicted octanol–water partition coefficient (Wildman–Crippen LogP) is 2.88. The van der Waals surface area contributed by atoms with Gasteiger partial charge in [-0.1, -0.05) is 42.5 Å². The Bertz CT molecular complexity index is 773. The molecule has 0 aromatic heterocycles. The van der Waals surface area contributed by atoms with Crippen LogP contribution < -0.4 is 0 Å². The van der Waals surface area contributed by atoms with Crippen LogP contribution in [0.4, 0.5) is 0 Å². The second kappa shape index (κ2) is 10.2. The Morgan fingerprint density at radius 1 is 1.08 bits per heavy atom. The molecule has 2 aromatic rings. The minimum atomic E-state index is -0.840. The van der Waals surface area contributed by atoms with Crippen molar-refractivity contribution < 1.29 is 24.0 Å². The van der Waals surface area contributed by atoms with E-state index in [0.29, 0.717) is 13.2 Å². The smallest absolute Gasteiger partial charge is 0.382 e. The summed E-state index contributed by atoms with van der Waals surface area (Å²) in [6.45, 7) is 1.23. The maximum atomic E-state index is 12.0. The number of hydrogen-bond acceptors (Lipinski definition) is 6. The Labute approximate surface area is 146 Å². The van der Waals surface area contributed by atoms with Gasteiger partial charge in [-0.05, 0) is 22.4 Å². The van der Waals surface area contributed by atoms with Crippen molar-refractivity contribution in [1.29, 1.82) is 5.26 Å². The molecule has 0 spiro atoms. The molecule has 130 valence electrons. The van der Waals surface area contributed by atoms with E-state index in [-0.39, 0.29) is 18.8 Å². The van der Waals surface area contributed by atoms with E-state index in [9.17, 15) is 10.1 Å². The summed E-state index contributed by atoms with van der Waals surface area (Å²) in [6, 6.07) is 15.2. The van der Waals surface area contributed by atoms with Crippen LogP contribution in [0.1, 0.15) is 5.56 Å². The van der Waals surface area contributed by atoms with Gasteiger partial charge in [0, 0.05) is 7.11 Å². The molecule has 0 unspecified atom stereocenters. The van der Waals surface area contributed by atoms with Crippen molar-refractivity contribution in [1.82, 2.24) is 0 Å². The first-order valence-electron chi connectivity index (χ1n) is 7.76. The van der Waals surface area contributed by atoms with Crippen LogP contribution in [0.5, 0.6) is 0 Å². The summed E-state index contributed by atoms with van der Waals surface area (Å²) in [5.41, 5.74) is 0.617. The number of nitriles is 1. The van der Waals surface area contributed by atoms with Gasteiger partial charge >= 0.3 is 5.97 Å². The minimum Gasteiger partial charge on any atom is -0.382 e. The summed E-state index contributed by atoms with van der Waals surface area (Å²) in [7, 11) is 1.58. The quantitative estimate of drug-likeness (QED) is 0.229. The molecule has 2 rings (SSSR count). The van der Waals surface area contributed by atoms with E-state index in [1.165, 1.54) is 6.08 Å². The van der Waals surface area contributed by atoms with Gasteiger partial charge in [0.05, 0.1) is 19.8 Å². The van der Waals surface area contributed by atoms with Crippen molar-refractivity contribution >= 4 is 22.8 Å². The maximum absolute atomic E-state index is 12.0. The lowest BCUT2D eigenvalue weighted by Gasteiger charge is -2.05. The van der Waals surface area contributed by atoms with Crippen LogP contribution in [0.25, 0.3) is 16.8 Å². The van der Waals surface area contributed by atoms with Gasteiger partial charge in [0.2, 0.25) is 0 Å². The summed E-state index contributed by atoms with van der Waals surface area (Å²) in [5, 5.41) is 11.2. The highest BCUT2D eigenvalue weighted by atomic mass is 17.2. The third kappa shape index (κ3) is 5.69.